The van der Waals surface area contributed by atoms with Gasteiger partial charge in [-0.3, -0.25) is 9.59 Å². The molecule has 33 heavy (non-hydrogen) atoms. The Morgan fingerprint density at radius 2 is 2.12 bits per heavy atom. The number of ether oxygens (including phenoxy) is 2. The van der Waals surface area contributed by atoms with Gasteiger partial charge in [0.05, 0.1) is 18.7 Å². The van der Waals surface area contributed by atoms with E-state index in [-0.39, 0.29) is 48.8 Å². The first kappa shape index (κ1) is 23.7. The zero-order valence-corrected chi connectivity index (χ0v) is 20.0. The van der Waals surface area contributed by atoms with Crippen LogP contribution >= 0.6 is 11.3 Å². The topological polar surface area (TPSA) is 59.1 Å². The Hall–Kier alpha value is -2.45. The fourth-order valence-electron chi connectivity index (χ4n) is 4.49. The molecule has 0 spiro atoms. The van der Waals surface area contributed by atoms with Crippen molar-refractivity contribution in [1.82, 2.24) is 9.80 Å². The lowest BCUT2D eigenvalue weighted by molar-refractivity contribution is -0.145. The Labute approximate surface area is 198 Å². The SMILES string of the molecule is CC(C)C(=O)N(CC(=O)N1CCc2sccc2[C@@H]1COc1ccccc1F)C[C@H]1CCCO1. The molecule has 2 atom stereocenters. The molecule has 2 amide bonds. The van der Waals surface area contributed by atoms with Crippen LogP contribution in [0.4, 0.5) is 4.39 Å². The third-order valence-electron chi connectivity index (χ3n) is 6.23. The van der Waals surface area contributed by atoms with Crippen LogP contribution in [-0.2, 0) is 20.7 Å². The van der Waals surface area contributed by atoms with E-state index in [0.717, 1.165) is 24.8 Å². The molecular formula is C25H31FN2O4S. The van der Waals surface area contributed by atoms with Gasteiger partial charge < -0.3 is 19.3 Å². The summed E-state index contributed by atoms with van der Waals surface area (Å²) in [5.74, 6) is -0.638. The molecule has 2 aromatic rings. The molecule has 2 aliphatic rings. The van der Waals surface area contributed by atoms with Crippen LogP contribution in [0.3, 0.4) is 0 Å². The summed E-state index contributed by atoms with van der Waals surface area (Å²) in [6.45, 7) is 5.52. The summed E-state index contributed by atoms with van der Waals surface area (Å²) in [5, 5.41) is 2.01. The molecule has 1 aromatic carbocycles. The predicted octanol–water partition coefficient (Wildman–Crippen LogP) is 4.06. The lowest BCUT2D eigenvalue weighted by Crippen LogP contribution is -2.50. The largest absolute Gasteiger partial charge is 0.488 e. The van der Waals surface area contributed by atoms with E-state index in [1.54, 1.807) is 39.3 Å². The van der Waals surface area contributed by atoms with Crippen molar-refractivity contribution in [1.29, 1.82) is 0 Å². The molecule has 2 aliphatic heterocycles. The number of fused-ring (bicyclic) bond motifs is 1. The summed E-state index contributed by atoms with van der Waals surface area (Å²) in [4.78, 5) is 31.0. The summed E-state index contributed by atoms with van der Waals surface area (Å²) in [6, 6.07) is 7.96. The maximum absolute atomic E-state index is 14.1. The van der Waals surface area contributed by atoms with Crippen molar-refractivity contribution >= 4 is 23.2 Å². The van der Waals surface area contributed by atoms with Gasteiger partial charge in [0.25, 0.3) is 0 Å². The van der Waals surface area contributed by atoms with Gasteiger partial charge in [0.1, 0.15) is 6.61 Å². The normalized spacial score (nSPS) is 20.1. The Morgan fingerprint density at radius 1 is 1.30 bits per heavy atom. The molecule has 0 radical (unpaired) electrons. The molecule has 4 rings (SSSR count). The van der Waals surface area contributed by atoms with Gasteiger partial charge in [0, 0.05) is 30.5 Å². The number of carbonyl (C=O) groups excluding carboxylic acids is 2. The smallest absolute Gasteiger partial charge is 0.242 e. The van der Waals surface area contributed by atoms with Crippen molar-refractivity contribution in [2.24, 2.45) is 5.92 Å². The molecular weight excluding hydrogens is 443 g/mol. The Bertz CT molecular complexity index is 973. The van der Waals surface area contributed by atoms with E-state index >= 15 is 0 Å². The van der Waals surface area contributed by atoms with Crippen LogP contribution in [0.5, 0.6) is 5.75 Å². The van der Waals surface area contributed by atoms with Crippen LogP contribution in [0.1, 0.15) is 43.2 Å². The standard InChI is InChI=1S/C25H31FN2O4S/c1-17(2)25(30)27(14-18-6-5-12-31-18)15-24(29)28-11-9-23-19(10-13-33-23)21(28)16-32-22-8-4-3-7-20(22)26/h3-4,7-8,10,13,17-18,21H,5-6,9,11-12,14-16H2,1-2H3/t18-,21+/m1/s1. The molecule has 3 heterocycles. The predicted molar refractivity (Wildman–Crippen MR) is 125 cm³/mol. The molecule has 0 N–H and O–H groups in total. The quantitative estimate of drug-likeness (QED) is 0.579. The lowest BCUT2D eigenvalue weighted by atomic mass is 10.00. The third-order valence-corrected chi connectivity index (χ3v) is 7.22. The van der Waals surface area contributed by atoms with E-state index < -0.39 is 5.82 Å². The second kappa shape index (κ2) is 10.7. The van der Waals surface area contributed by atoms with Crippen molar-refractivity contribution in [3.05, 3.63) is 52.0 Å². The molecule has 178 valence electrons. The highest BCUT2D eigenvalue weighted by Crippen LogP contribution is 2.34. The van der Waals surface area contributed by atoms with Crippen LogP contribution in [0.15, 0.2) is 35.7 Å². The molecule has 0 aliphatic carbocycles. The van der Waals surface area contributed by atoms with E-state index in [9.17, 15) is 14.0 Å². The number of benzene rings is 1. The number of halogens is 1. The average molecular weight is 475 g/mol. The fraction of sp³-hybridized carbons (Fsp3) is 0.520. The van der Waals surface area contributed by atoms with Gasteiger partial charge in [0.2, 0.25) is 11.8 Å². The van der Waals surface area contributed by atoms with E-state index in [2.05, 4.69) is 0 Å². The minimum atomic E-state index is -0.429. The molecule has 0 bridgehead atoms. The zero-order valence-electron chi connectivity index (χ0n) is 19.2. The highest BCUT2D eigenvalue weighted by molar-refractivity contribution is 7.10. The first-order chi connectivity index (χ1) is 15.9. The van der Waals surface area contributed by atoms with E-state index in [1.165, 1.54) is 10.9 Å². The van der Waals surface area contributed by atoms with Crippen molar-refractivity contribution in [3.63, 3.8) is 0 Å². The van der Waals surface area contributed by atoms with Crippen LogP contribution in [0.25, 0.3) is 0 Å². The van der Waals surface area contributed by atoms with Crippen molar-refractivity contribution in [3.8, 4) is 5.75 Å². The van der Waals surface area contributed by atoms with Gasteiger partial charge >= 0.3 is 0 Å². The van der Waals surface area contributed by atoms with E-state index in [1.807, 2.05) is 25.3 Å². The Morgan fingerprint density at radius 3 is 2.85 bits per heavy atom. The van der Waals surface area contributed by atoms with E-state index in [0.29, 0.717) is 19.7 Å². The number of nitrogens with zero attached hydrogens (tertiary/aromatic N) is 2. The number of thiophene rings is 1. The first-order valence-electron chi connectivity index (χ1n) is 11.6. The summed E-state index contributed by atoms with van der Waals surface area (Å²) >= 11 is 1.66. The monoisotopic (exact) mass is 474 g/mol. The fourth-order valence-corrected chi connectivity index (χ4v) is 5.42. The summed E-state index contributed by atoms with van der Waals surface area (Å²) in [6.07, 6.45) is 2.62. The maximum Gasteiger partial charge on any atom is 0.242 e. The molecule has 1 fully saturated rings. The van der Waals surface area contributed by atoms with Crippen molar-refractivity contribution in [2.45, 2.75) is 45.3 Å². The number of carbonyl (C=O) groups is 2. The van der Waals surface area contributed by atoms with Crippen LogP contribution in [0, 0.1) is 11.7 Å². The van der Waals surface area contributed by atoms with Gasteiger partial charge in [-0.15, -0.1) is 11.3 Å². The van der Waals surface area contributed by atoms with Crippen molar-refractivity contribution < 1.29 is 23.5 Å². The van der Waals surface area contributed by atoms with Crippen LogP contribution < -0.4 is 4.74 Å². The summed E-state index contributed by atoms with van der Waals surface area (Å²) in [5.41, 5.74) is 1.04. The third kappa shape index (κ3) is 5.55. The number of hydrogen-bond donors (Lipinski definition) is 0. The molecule has 0 saturated carbocycles. The first-order valence-corrected chi connectivity index (χ1v) is 12.5. The maximum atomic E-state index is 14.1. The van der Waals surface area contributed by atoms with Gasteiger partial charge in [-0.2, -0.15) is 0 Å². The van der Waals surface area contributed by atoms with Gasteiger partial charge in [-0.05, 0) is 48.4 Å². The Balaban J connectivity index is 1.50. The second-order valence-electron chi connectivity index (χ2n) is 8.90. The zero-order chi connectivity index (χ0) is 23.4. The summed E-state index contributed by atoms with van der Waals surface area (Å²) < 4.78 is 25.6. The second-order valence-corrected chi connectivity index (χ2v) is 9.90. The number of amides is 2. The Kier molecular flexibility index (Phi) is 7.65. The van der Waals surface area contributed by atoms with Crippen LogP contribution in [0.2, 0.25) is 0 Å². The molecule has 0 unspecified atom stereocenters. The van der Waals surface area contributed by atoms with Gasteiger partial charge in [-0.1, -0.05) is 26.0 Å². The molecule has 8 heteroatoms. The summed E-state index contributed by atoms with van der Waals surface area (Å²) in [7, 11) is 0. The minimum absolute atomic E-state index is 0.00649. The molecule has 6 nitrogen and oxygen atoms in total. The lowest BCUT2D eigenvalue weighted by Gasteiger charge is -2.37. The number of rotatable bonds is 8. The van der Waals surface area contributed by atoms with E-state index in [4.69, 9.17) is 9.47 Å². The molecule has 1 saturated heterocycles. The van der Waals surface area contributed by atoms with Crippen LogP contribution in [-0.4, -0.2) is 60.6 Å². The number of hydrogen-bond acceptors (Lipinski definition) is 5. The average Bonchev–Trinajstić information content (AvgIpc) is 3.49. The van der Waals surface area contributed by atoms with Gasteiger partial charge in [0.15, 0.2) is 11.6 Å². The number of para-hydroxylation sites is 1. The highest BCUT2D eigenvalue weighted by Gasteiger charge is 2.34. The van der Waals surface area contributed by atoms with Crippen molar-refractivity contribution in [2.75, 3.05) is 32.8 Å². The molecule has 1 aromatic heterocycles. The highest BCUT2D eigenvalue weighted by atomic mass is 32.1. The minimum Gasteiger partial charge on any atom is -0.488 e. The van der Waals surface area contributed by atoms with Gasteiger partial charge in [-0.25, -0.2) is 4.39 Å².